The lowest BCUT2D eigenvalue weighted by Crippen LogP contribution is -2.31. The summed E-state index contributed by atoms with van der Waals surface area (Å²) >= 11 is 1.38. The highest BCUT2D eigenvalue weighted by atomic mass is 32.2. The van der Waals surface area contributed by atoms with Crippen LogP contribution in [0.15, 0.2) is 83.6 Å². The summed E-state index contributed by atoms with van der Waals surface area (Å²) in [6.45, 7) is 0.617. The van der Waals surface area contributed by atoms with Crippen LogP contribution in [-0.4, -0.2) is 41.5 Å². The minimum absolute atomic E-state index is 0.0783. The highest BCUT2D eigenvalue weighted by molar-refractivity contribution is 8.04. The van der Waals surface area contributed by atoms with Gasteiger partial charge in [0.25, 0.3) is 5.91 Å². The zero-order valence-electron chi connectivity index (χ0n) is 18.7. The molecule has 8 heteroatoms. The summed E-state index contributed by atoms with van der Waals surface area (Å²) in [5.74, 6) is -0.199. The molecule has 2 aliphatic rings. The fraction of sp³-hybridized carbons (Fsp3) is 0.192. The molecule has 174 valence electrons. The second kappa shape index (κ2) is 10.4. The van der Waals surface area contributed by atoms with Crippen molar-refractivity contribution < 1.29 is 14.7 Å². The van der Waals surface area contributed by atoms with Crippen LogP contribution in [0.25, 0.3) is 0 Å². The average Bonchev–Trinajstić information content (AvgIpc) is 3.34. The molecule has 2 aliphatic heterocycles. The van der Waals surface area contributed by atoms with Crippen LogP contribution in [0, 0.1) is 5.41 Å². The summed E-state index contributed by atoms with van der Waals surface area (Å²) in [4.78, 5) is 26.5. The van der Waals surface area contributed by atoms with Gasteiger partial charge in [-0.05, 0) is 29.5 Å². The van der Waals surface area contributed by atoms with Gasteiger partial charge in [-0.2, -0.15) is 0 Å². The van der Waals surface area contributed by atoms with Gasteiger partial charge in [0, 0.05) is 43.1 Å². The maximum absolute atomic E-state index is 13.2. The van der Waals surface area contributed by atoms with E-state index in [9.17, 15) is 14.7 Å². The Hall–Kier alpha value is -3.78. The van der Waals surface area contributed by atoms with Crippen LogP contribution >= 0.6 is 11.8 Å². The predicted octanol–water partition coefficient (Wildman–Crippen LogP) is 4.03. The van der Waals surface area contributed by atoms with Crippen molar-refractivity contribution in [3.05, 3.63) is 100 Å². The van der Waals surface area contributed by atoms with Crippen LogP contribution in [0.5, 0.6) is 5.75 Å². The minimum atomic E-state index is -0.564. The quantitative estimate of drug-likeness (QED) is 0.340. The molecule has 2 unspecified atom stereocenters. The summed E-state index contributed by atoms with van der Waals surface area (Å²) in [7, 11) is 1.94. The van der Waals surface area contributed by atoms with Gasteiger partial charge < -0.3 is 26.0 Å². The van der Waals surface area contributed by atoms with Crippen molar-refractivity contribution in [2.45, 2.75) is 17.8 Å². The number of aromatic hydroxyl groups is 1. The van der Waals surface area contributed by atoms with Crippen LogP contribution in [-0.2, 0) is 4.79 Å². The summed E-state index contributed by atoms with van der Waals surface area (Å²) in [5.41, 5.74) is 3.40. The number of phenols is 1. The summed E-state index contributed by atoms with van der Waals surface area (Å²) < 4.78 is 0. The molecule has 0 fully saturated rings. The van der Waals surface area contributed by atoms with Crippen molar-refractivity contribution in [1.29, 1.82) is 5.41 Å². The van der Waals surface area contributed by atoms with Crippen LogP contribution in [0.1, 0.15) is 39.3 Å². The minimum Gasteiger partial charge on any atom is -0.508 e. The first-order valence-corrected chi connectivity index (χ1v) is 11.7. The van der Waals surface area contributed by atoms with E-state index in [1.54, 1.807) is 42.6 Å². The number of amides is 1. The molecule has 4 rings (SSSR count). The fourth-order valence-electron chi connectivity index (χ4n) is 3.84. The molecule has 0 aliphatic carbocycles. The second-order valence-electron chi connectivity index (χ2n) is 8.17. The van der Waals surface area contributed by atoms with Gasteiger partial charge in [-0.1, -0.05) is 60.3 Å². The summed E-state index contributed by atoms with van der Waals surface area (Å²) in [6, 6.07) is 13.5. The Kier molecular flexibility index (Phi) is 7.18. The molecule has 0 aromatic heterocycles. The number of hydrogen-bond acceptors (Lipinski definition) is 7. The lowest BCUT2D eigenvalue weighted by molar-refractivity contribution is -0.117. The monoisotopic (exact) mass is 474 g/mol. The van der Waals surface area contributed by atoms with Crippen molar-refractivity contribution in [3.8, 4) is 5.75 Å². The second-order valence-corrected chi connectivity index (χ2v) is 9.32. The number of aldehydes is 1. The lowest BCUT2D eigenvalue weighted by Gasteiger charge is -2.24. The molecule has 0 spiro atoms. The van der Waals surface area contributed by atoms with E-state index in [-0.39, 0.29) is 23.5 Å². The number of carbonyl (C=O) groups is 2. The van der Waals surface area contributed by atoms with E-state index in [1.165, 1.54) is 11.8 Å². The molecule has 7 nitrogen and oxygen atoms in total. The number of rotatable bonds is 8. The van der Waals surface area contributed by atoms with Crippen LogP contribution < -0.4 is 10.6 Å². The number of thioether (sulfide) groups is 1. The van der Waals surface area contributed by atoms with Crippen molar-refractivity contribution in [2.24, 2.45) is 0 Å². The Morgan fingerprint density at radius 3 is 2.76 bits per heavy atom. The van der Waals surface area contributed by atoms with Gasteiger partial charge in [-0.25, -0.2) is 0 Å². The molecule has 34 heavy (non-hydrogen) atoms. The molecule has 1 amide bonds. The number of benzene rings is 2. The van der Waals surface area contributed by atoms with Crippen molar-refractivity contribution in [3.63, 3.8) is 0 Å². The third-order valence-corrected chi connectivity index (χ3v) is 6.88. The smallest absolute Gasteiger partial charge is 0.259 e. The maximum atomic E-state index is 13.2. The first kappa shape index (κ1) is 23.4. The van der Waals surface area contributed by atoms with Gasteiger partial charge in [-0.15, -0.1) is 0 Å². The van der Waals surface area contributed by atoms with Crippen molar-refractivity contribution >= 4 is 29.7 Å². The van der Waals surface area contributed by atoms with Gasteiger partial charge in [-0.3, -0.25) is 9.59 Å². The fourth-order valence-corrected chi connectivity index (χ4v) is 4.83. The zero-order valence-corrected chi connectivity index (χ0v) is 19.5. The number of nitrogens with zero attached hydrogens (tertiary/aromatic N) is 1. The van der Waals surface area contributed by atoms with Gasteiger partial charge in [0.2, 0.25) is 0 Å². The number of carbonyl (C=O) groups excluding carboxylic acids is 2. The van der Waals surface area contributed by atoms with E-state index in [0.29, 0.717) is 28.3 Å². The third kappa shape index (κ3) is 5.40. The predicted molar refractivity (Wildman–Crippen MR) is 135 cm³/mol. The molecule has 4 N–H and O–H groups in total. The lowest BCUT2D eigenvalue weighted by atomic mass is 9.95. The van der Waals surface area contributed by atoms with E-state index in [0.717, 1.165) is 17.4 Å². The molecular weight excluding hydrogens is 448 g/mol. The Morgan fingerprint density at radius 1 is 1.29 bits per heavy atom. The number of para-hydroxylation sites is 1. The molecule has 2 aromatic carbocycles. The molecule has 0 radical (unpaired) electrons. The van der Waals surface area contributed by atoms with E-state index >= 15 is 0 Å². The van der Waals surface area contributed by atoms with E-state index < -0.39 is 6.04 Å². The average molecular weight is 475 g/mol. The molecule has 0 bridgehead atoms. The molecule has 2 heterocycles. The standard InChI is InChI=1S/C26H26N4O3S/c1-30-12-4-5-19(15-30)21(27)13-22(20-6-2-3-7-23(20)32)29-25(33)24-14-28-26(34-24)18-10-8-17(16-31)9-11-18/h2-12,14,16,22,26-28,32H,13,15H2,1H3,(H,29,33). The number of nitrogens with one attached hydrogen (secondary N) is 3. The Bertz CT molecular complexity index is 1190. The molecule has 0 saturated carbocycles. The van der Waals surface area contributed by atoms with Crippen molar-refractivity contribution in [2.75, 3.05) is 13.6 Å². The largest absolute Gasteiger partial charge is 0.508 e. The first-order chi connectivity index (χ1) is 16.4. The Balaban J connectivity index is 1.47. The van der Waals surface area contributed by atoms with Crippen molar-refractivity contribution in [1.82, 2.24) is 15.5 Å². The maximum Gasteiger partial charge on any atom is 0.259 e. The highest BCUT2D eigenvalue weighted by Gasteiger charge is 2.27. The summed E-state index contributed by atoms with van der Waals surface area (Å²) in [5, 5.41) is 25.2. The van der Waals surface area contributed by atoms with Crippen LogP contribution in [0.3, 0.4) is 0 Å². The van der Waals surface area contributed by atoms with Crippen LogP contribution in [0.4, 0.5) is 0 Å². The number of hydrogen-bond donors (Lipinski definition) is 4. The van der Waals surface area contributed by atoms with Gasteiger partial charge >= 0.3 is 0 Å². The Labute approximate surface area is 202 Å². The number of phenolic OH excluding ortho intramolecular Hbond substituents is 1. The number of likely N-dealkylation sites (N-methyl/N-ethyl adjacent to an activating group) is 1. The topological polar surface area (TPSA) is 106 Å². The molecule has 2 aromatic rings. The van der Waals surface area contributed by atoms with Gasteiger partial charge in [0.15, 0.2) is 0 Å². The van der Waals surface area contributed by atoms with Gasteiger partial charge in [0.1, 0.15) is 17.4 Å². The molecule has 2 atom stereocenters. The highest BCUT2D eigenvalue weighted by Crippen LogP contribution is 2.38. The number of allylic oxidation sites excluding steroid dienone is 2. The molecule has 0 saturated heterocycles. The summed E-state index contributed by atoms with van der Waals surface area (Å²) in [6.07, 6.45) is 8.47. The first-order valence-electron chi connectivity index (χ1n) is 10.9. The normalized spacial score (nSPS) is 17.9. The Morgan fingerprint density at radius 2 is 2.06 bits per heavy atom. The molecular formula is C26H26N4O3S. The van der Waals surface area contributed by atoms with E-state index in [2.05, 4.69) is 10.6 Å². The SMILES string of the molecule is CN1C=CC=C(C(=N)CC(NC(=O)C2=CNC(c3ccc(C=O)cc3)S2)c2ccccc2O)C1. The third-order valence-electron chi connectivity index (χ3n) is 5.68. The zero-order chi connectivity index (χ0) is 24.1. The van der Waals surface area contributed by atoms with E-state index in [4.69, 9.17) is 5.41 Å². The van der Waals surface area contributed by atoms with E-state index in [1.807, 2.05) is 42.4 Å². The van der Waals surface area contributed by atoms with Gasteiger partial charge in [0.05, 0.1) is 10.9 Å². The van der Waals surface area contributed by atoms with Crippen LogP contribution in [0.2, 0.25) is 0 Å².